The van der Waals surface area contributed by atoms with E-state index in [4.69, 9.17) is 11.6 Å². The van der Waals surface area contributed by atoms with Crippen molar-refractivity contribution >= 4 is 28.5 Å². The Bertz CT molecular complexity index is 1320. The van der Waals surface area contributed by atoms with E-state index in [1.54, 1.807) is 36.6 Å². The van der Waals surface area contributed by atoms with Gasteiger partial charge in [-0.15, -0.1) is 6.58 Å². The molecule has 0 aliphatic carbocycles. The van der Waals surface area contributed by atoms with Gasteiger partial charge in [0.2, 0.25) is 5.78 Å². The number of rotatable bonds is 3. The molecule has 7 nitrogen and oxygen atoms in total. The number of allylic oxidation sites excluding steroid dienone is 1. The zero-order valence-electron chi connectivity index (χ0n) is 15.2. The molecule has 4 aromatic rings. The minimum absolute atomic E-state index is 0.343. The molecule has 0 aliphatic rings. The van der Waals surface area contributed by atoms with Gasteiger partial charge in [0.05, 0.1) is 6.04 Å². The van der Waals surface area contributed by atoms with Crippen LogP contribution in [0.15, 0.2) is 52.7 Å². The second-order valence-electron chi connectivity index (χ2n) is 6.53. The van der Waals surface area contributed by atoms with Gasteiger partial charge in [-0.25, -0.2) is 4.79 Å². The first kappa shape index (κ1) is 17.4. The highest BCUT2D eigenvalue weighted by molar-refractivity contribution is 6.30. The molecular formula is C19H18ClN5O2. The second-order valence-corrected chi connectivity index (χ2v) is 6.97. The third kappa shape index (κ3) is 2.39. The summed E-state index contributed by atoms with van der Waals surface area (Å²) in [5, 5.41) is 0.636. The number of imidazole rings is 2. The first-order valence-corrected chi connectivity index (χ1v) is 8.83. The summed E-state index contributed by atoms with van der Waals surface area (Å²) in [5.74, 6) is 0.556. The first-order valence-electron chi connectivity index (χ1n) is 8.45. The van der Waals surface area contributed by atoms with Gasteiger partial charge in [0, 0.05) is 29.6 Å². The molecule has 3 aromatic heterocycles. The number of hydrogen-bond acceptors (Lipinski definition) is 3. The predicted octanol–water partition coefficient (Wildman–Crippen LogP) is 2.85. The van der Waals surface area contributed by atoms with Crippen LogP contribution in [0.1, 0.15) is 18.7 Å². The summed E-state index contributed by atoms with van der Waals surface area (Å²) in [6.07, 6.45) is 3.41. The maximum Gasteiger partial charge on any atom is 0.333 e. The largest absolute Gasteiger partial charge is 0.333 e. The summed E-state index contributed by atoms with van der Waals surface area (Å²) < 4.78 is 6.23. The standard InChI is InChI=1S/C19H18ClN5O2/c1-5-11(2)25-17(26)15-16(22(4)19(25)27)21-18-23(15)10-12(3)24(18)14-8-6-13(20)7-9-14/h5-11H,1H2,2-4H3. The van der Waals surface area contributed by atoms with Crippen molar-refractivity contribution < 1.29 is 0 Å². The van der Waals surface area contributed by atoms with Crippen LogP contribution in [0.5, 0.6) is 0 Å². The lowest BCUT2D eigenvalue weighted by atomic mass is 10.3. The zero-order valence-corrected chi connectivity index (χ0v) is 15.9. The average Bonchev–Trinajstić information content (AvgIpc) is 3.15. The second kappa shape index (κ2) is 5.99. The third-order valence-corrected chi connectivity index (χ3v) is 5.06. The smallest absolute Gasteiger partial charge is 0.283 e. The van der Waals surface area contributed by atoms with Gasteiger partial charge < -0.3 is 0 Å². The molecule has 1 aromatic carbocycles. The maximum absolute atomic E-state index is 13.1. The van der Waals surface area contributed by atoms with E-state index in [0.29, 0.717) is 22.0 Å². The van der Waals surface area contributed by atoms with Gasteiger partial charge in [0.15, 0.2) is 11.2 Å². The Labute approximate surface area is 159 Å². The maximum atomic E-state index is 13.1. The summed E-state index contributed by atoms with van der Waals surface area (Å²) >= 11 is 5.99. The van der Waals surface area contributed by atoms with E-state index >= 15 is 0 Å². The molecule has 0 spiro atoms. The molecule has 0 saturated heterocycles. The lowest BCUT2D eigenvalue weighted by Crippen LogP contribution is -2.40. The molecule has 0 fully saturated rings. The summed E-state index contributed by atoms with van der Waals surface area (Å²) in [6, 6.07) is 6.93. The Balaban J connectivity index is 2.15. The molecule has 0 N–H and O–H groups in total. The molecule has 4 rings (SSSR count). The van der Waals surface area contributed by atoms with Crippen molar-refractivity contribution in [3.63, 3.8) is 0 Å². The van der Waals surface area contributed by atoms with E-state index in [-0.39, 0.29) is 5.56 Å². The summed E-state index contributed by atoms with van der Waals surface area (Å²) in [4.78, 5) is 30.4. The van der Waals surface area contributed by atoms with Crippen molar-refractivity contribution in [3.05, 3.63) is 74.7 Å². The van der Waals surface area contributed by atoms with Crippen molar-refractivity contribution in [3.8, 4) is 5.69 Å². The van der Waals surface area contributed by atoms with Gasteiger partial charge in [0.1, 0.15) is 0 Å². The Kier molecular flexibility index (Phi) is 3.85. The molecule has 8 heteroatoms. The van der Waals surface area contributed by atoms with E-state index in [9.17, 15) is 9.59 Å². The molecular weight excluding hydrogens is 366 g/mol. The molecule has 0 bridgehead atoms. The highest BCUT2D eigenvalue weighted by Crippen LogP contribution is 2.22. The molecule has 0 saturated carbocycles. The number of benzene rings is 1. The summed E-state index contributed by atoms with van der Waals surface area (Å²) in [6.45, 7) is 7.39. The van der Waals surface area contributed by atoms with Crippen molar-refractivity contribution in [2.45, 2.75) is 19.9 Å². The molecule has 0 amide bonds. The topological polar surface area (TPSA) is 66.2 Å². The van der Waals surface area contributed by atoms with Crippen LogP contribution in [0.25, 0.3) is 22.6 Å². The van der Waals surface area contributed by atoms with E-state index in [1.165, 1.54) is 9.13 Å². The minimum atomic E-state index is -0.425. The molecule has 3 heterocycles. The van der Waals surface area contributed by atoms with Crippen LogP contribution >= 0.6 is 11.6 Å². The Morgan fingerprint density at radius 3 is 2.52 bits per heavy atom. The van der Waals surface area contributed by atoms with Crippen molar-refractivity contribution in [2.75, 3.05) is 0 Å². The number of nitrogens with zero attached hydrogens (tertiary/aromatic N) is 5. The fourth-order valence-electron chi connectivity index (χ4n) is 3.35. The van der Waals surface area contributed by atoms with Crippen molar-refractivity contribution in [1.82, 2.24) is 23.1 Å². The van der Waals surface area contributed by atoms with Crippen LogP contribution in [0.3, 0.4) is 0 Å². The molecule has 138 valence electrons. The van der Waals surface area contributed by atoms with Gasteiger partial charge in [0.25, 0.3) is 5.56 Å². The Morgan fingerprint density at radius 2 is 1.89 bits per heavy atom. The third-order valence-electron chi connectivity index (χ3n) is 4.81. The molecule has 1 atom stereocenters. The first-order chi connectivity index (χ1) is 12.8. The van der Waals surface area contributed by atoms with Crippen molar-refractivity contribution in [2.24, 2.45) is 7.05 Å². The average molecular weight is 384 g/mol. The highest BCUT2D eigenvalue weighted by Gasteiger charge is 2.21. The highest BCUT2D eigenvalue weighted by atomic mass is 35.5. The molecule has 0 aliphatic heterocycles. The van der Waals surface area contributed by atoms with E-state index in [2.05, 4.69) is 11.6 Å². The van der Waals surface area contributed by atoms with Gasteiger partial charge in [-0.2, -0.15) is 4.98 Å². The molecule has 1 unspecified atom stereocenters. The van der Waals surface area contributed by atoms with E-state index in [0.717, 1.165) is 11.4 Å². The number of aryl methyl sites for hydroxylation is 2. The van der Waals surface area contributed by atoms with Gasteiger partial charge >= 0.3 is 5.69 Å². The Hall–Kier alpha value is -3.06. The molecule has 0 radical (unpaired) electrons. The molecule has 27 heavy (non-hydrogen) atoms. The van der Waals surface area contributed by atoms with Crippen LogP contribution in [0.2, 0.25) is 5.02 Å². The normalized spacial score (nSPS) is 12.7. The summed E-state index contributed by atoms with van der Waals surface area (Å²) in [7, 11) is 1.61. The van der Waals surface area contributed by atoms with E-state index in [1.807, 2.05) is 29.8 Å². The van der Waals surface area contributed by atoms with Crippen LogP contribution in [0, 0.1) is 6.92 Å². The SMILES string of the molecule is C=CC(C)n1c(=O)c2c(nc3n(-c4ccc(Cl)cc4)c(C)cn23)n(C)c1=O. The zero-order chi connectivity index (χ0) is 19.5. The number of aromatic nitrogens is 5. The fraction of sp³-hybridized carbons (Fsp3) is 0.211. The van der Waals surface area contributed by atoms with Gasteiger partial charge in [-0.3, -0.25) is 22.9 Å². The number of hydrogen-bond donors (Lipinski definition) is 0. The number of halogens is 1. The van der Waals surface area contributed by atoms with Crippen LogP contribution in [0.4, 0.5) is 0 Å². The van der Waals surface area contributed by atoms with Crippen LogP contribution in [-0.4, -0.2) is 23.1 Å². The van der Waals surface area contributed by atoms with Gasteiger partial charge in [-0.05, 0) is 38.1 Å². The van der Waals surface area contributed by atoms with Gasteiger partial charge in [-0.1, -0.05) is 17.7 Å². The number of fused-ring (bicyclic) bond motifs is 3. The summed E-state index contributed by atoms with van der Waals surface area (Å²) in [5.41, 5.74) is 1.66. The van der Waals surface area contributed by atoms with E-state index < -0.39 is 11.7 Å². The predicted molar refractivity (Wildman–Crippen MR) is 106 cm³/mol. The quantitative estimate of drug-likeness (QED) is 0.511. The lowest BCUT2D eigenvalue weighted by molar-refractivity contribution is 0.574. The van der Waals surface area contributed by atoms with Crippen molar-refractivity contribution in [1.29, 1.82) is 0 Å². The monoisotopic (exact) mass is 383 g/mol. The fourth-order valence-corrected chi connectivity index (χ4v) is 3.48. The lowest BCUT2D eigenvalue weighted by Gasteiger charge is -2.11. The Morgan fingerprint density at radius 1 is 1.22 bits per heavy atom. The van der Waals surface area contributed by atoms with Crippen LogP contribution < -0.4 is 11.2 Å². The van der Waals surface area contributed by atoms with Crippen LogP contribution in [-0.2, 0) is 7.05 Å². The minimum Gasteiger partial charge on any atom is -0.283 e.